The van der Waals surface area contributed by atoms with Crippen LogP contribution in [-0.2, 0) is 22.3 Å². The first-order valence-electron chi connectivity index (χ1n) is 8.06. The molecule has 0 aliphatic rings. The highest BCUT2D eigenvalue weighted by Gasteiger charge is 2.11. The molecular weight excluding hydrogens is 386 g/mol. The Morgan fingerprint density at radius 1 is 1.04 bits per heavy atom. The van der Waals surface area contributed by atoms with Crippen molar-refractivity contribution in [3.63, 3.8) is 0 Å². The maximum Gasteiger partial charge on any atom is 0.289 e. The van der Waals surface area contributed by atoms with Crippen LogP contribution in [0.2, 0.25) is 5.02 Å². The second-order valence-corrected chi connectivity index (χ2v) is 7.68. The molecule has 0 aliphatic heterocycles. The van der Waals surface area contributed by atoms with Gasteiger partial charge in [0.1, 0.15) is 12.0 Å². The molecule has 8 heteroatoms. The Balaban J connectivity index is 1.68. The van der Waals surface area contributed by atoms with Crippen molar-refractivity contribution >= 4 is 39.6 Å². The van der Waals surface area contributed by atoms with Gasteiger partial charge < -0.3 is 5.32 Å². The standard InChI is InChI=1S/C19H16ClN3O3S/c20-18-10-17(23(24)25)11-21-19(18)22-16-8-4-7-15(9-16)13-27(26)12-14-5-2-1-3-6-14/h1-11H,12-13H2,(H,21,22). The largest absolute Gasteiger partial charge is 0.339 e. The van der Waals surface area contributed by atoms with Crippen molar-refractivity contribution in [2.75, 3.05) is 5.32 Å². The lowest BCUT2D eigenvalue weighted by molar-refractivity contribution is -0.385. The van der Waals surface area contributed by atoms with E-state index in [1.807, 2.05) is 54.6 Å². The number of pyridine rings is 1. The number of anilines is 2. The van der Waals surface area contributed by atoms with E-state index in [-0.39, 0.29) is 10.7 Å². The van der Waals surface area contributed by atoms with Crippen molar-refractivity contribution < 1.29 is 9.13 Å². The maximum absolute atomic E-state index is 12.4. The first kappa shape index (κ1) is 19.0. The van der Waals surface area contributed by atoms with Gasteiger partial charge in [-0.25, -0.2) is 4.98 Å². The van der Waals surface area contributed by atoms with Crippen LogP contribution in [0.15, 0.2) is 66.9 Å². The number of nitrogens with one attached hydrogen (secondary N) is 1. The van der Waals surface area contributed by atoms with E-state index >= 15 is 0 Å². The van der Waals surface area contributed by atoms with E-state index in [2.05, 4.69) is 10.3 Å². The summed E-state index contributed by atoms with van der Waals surface area (Å²) in [6.07, 6.45) is 1.15. The minimum atomic E-state index is -1.03. The lowest BCUT2D eigenvalue weighted by Gasteiger charge is -2.09. The summed E-state index contributed by atoms with van der Waals surface area (Å²) in [5.41, 5.74) is 2.49. The molecule has 0 amide bonds. The van der Waals surface area contributed by atoms with Gasteiger partial charge in [-0.15, -0.1) is 0 Å². The van der Waals surface area contributed by atoms with E-state index < -0.39 is 15.7 Å². The van der Waals surface area contributed by atoms with Crippen LogP contribution in [0, 0.1) is 10.1 Å². The van der Waals surface area contributed by atoms with Gasteiger partial charge in [0.2, 0.25) is 0 Å². The van der Waals surface area contributed by atoms with E-state index in [4.69, 9.17) is 11.6 Å². The third-order valence-electron chi connectivity index (χ3n) is 3.73. The number of halogens is 1. The molecule has 6 nitrogen and oxygen atoms in total. The van der Waals surface area contributed by atoms with Crippen LogP contribution in [0.4, 0.5) is 17.2 Å². The zero-order chi connectivity index (χ0) is 19.2. The molecule has 1 aromatic heterocycles. The van der Waals surface area contributed by atoms with Gasteiger partial charge in [0.25, 0.3) is 5.69 Å². The number of nitrogens with zero attached hydrogens (tertiary/aromatic N) is 2. The molecule has 2 aromatic carbocycles. The van der Waals surface area contributed by atoms with Crippen LogP contribution >= 0.6 is 11.6 Å². The Kier molecular flexibility index (Phi) is 6.16. The smallest absolute Gasteiger partial charge is 0.289 e. The van der Waals surface area contributed by atoms with Gasteiger partial charge in [-0.05, 0) is 23.3 Å². The average Bonchev–Trinajstić information content (AvgIpc) is 2.64. The van der Waals surface area contributed by atoms with E-state index in [9.17, 15) is 14.3 Å². The van der Waals surface area contributed by atoms with Gasteiger partial charge in [0.05, 0.1) is 9.95 Å². The molecule has 0 bridgehead atoms. The number of rotatable bonds is 7. The molecule has 3 aromatic rings. The van der Waals surface area contributed by atoms with Crippen LogP contribution in [0.25, 0.3) is 0 Å². The summed E-state index contributed by atoms with van der Waals surface area (Å²) in [7, 11) is -1.03. The highest BCUT2D eigenvalue weighted by atomic mass is 35.5. The average molecular weight is 402 g/mol. The lowest BCUT2D eigenvalue weighted by Crippen LogP contribution is -2.01. The van der Waals surface area contributed by atoms with Crippen molar-refractivity contribution in [1.82, 2.24) is 4.98 Å². The Bertz CT molecular complexity index is 983. The van der Waals surface area contributed by atoms with Crippen molar-refractivity contribution in [2.45, 2.75) is 11.5 Å². The molecule has 0 radical (unpaired) electrons. The monoisotopic (exact) mass is 401 g/mol. The van der Waals surface area contributed by atoms with Crippen molar-refractivity contribution in [3.05, 3.63) is 93.1 Å². The quantitative estimate of drug-likeness (QED) is 0.452. The number of aromatic nitrogens is 1. The fourth-order valence-electron chi connectivity index (χ4n) is 2.49. The molecule has 27 heavy (non-hydrogen) atoms. The van der Waals surface area contributed by atoms with E-state index in [0.717, 1.165) is 17.3 Å². The Morgan fingerprint density at radius 2 is 1.74 bits per heavy atom. The van der Waals surface area contributed by atoms with E-state index in [1.54, 1.807) is 0 Å². The third kappa shape index (κ3) is 5.35. The van der Waals surface area contributed by atoms with Crippen molar-refractivity contribution in [2.24, 2.45) is 0 Å². The van der Waals surface area contributed by atoms with Crippen LogP contribution in [0.3, 0.4) is 0 Å². The number of benzene rings is 2. The molecule has 0 saturated heterocycles. The summed E-state index contributed by atoms with van der Waals surface area (Å²) in [6.45, 7) is 0. The summed E-state index contributed by atoms with van der Waals surface area (Å²) in [4.78, 5) is 14.2. The SMILES string of the molecule is O=[N+]([O-])c1cnc(Nc2cccc(CS(=O)Cc3ccccc3)c2)c(Cl)c1. The highest BCUT2D eigenvalue weighted by molar-refractivity contribution is 7.83. The second kappa shape index (κ2) is 8.75. The van der Waals surface area contributed by atoms with Gasteiger partial charge in [-0.2, -0.15) is 0 Å². The molecule has 0 aliphatic carbocycles. The van der Waals surface area contributed by atoms with Gasteiger partial charge in [0, 0.05) is 34.1 Å². The van der Waals surface area contributed by atoms with Gasteiger partial charge in [0.15, 0.2) is 0 Å². The number of nitro groups is 1. The van der Waals surface area contributed by atoms with Crippen LogP contribution in [0.5, 0.6) is 0 Å². The molecule has 1 N–H and O–H groups in total. The predicted octanol–water partition coefficient (Wildman–Crippen LogP) is 4.84. The Labute approximate surface area is 163 Å². The minimum absolute atomic E-state index is 0.155. The first-order chi connectivity index (χ1) is 13.0. The zero-order valence-corrected chi connectivity index (χ0v) is 15.7. The topological polar surface area (TPSA) is 85.1 Å². The number of hydrogen-bond donors (Lipinski definition) is 1. The van der Waals surface area contributed by atoms with Crippen molar-refractivity contribution in [1.29, 1.82) is 0 Å². The molecule has 0 fully saturated rings. The Hall–Kier alpha value is -2.77. The molecule has 138 valence electrons. The van der Waals surface area contributed by atoms with Gasteiger partial charge in [-0.3, -0.25) is 14.3 Å². The highest BCUT2D eigenvalue weighted by Crippen LogP contribution is 2.27. The summed E-state index contributed by atoms with van der Waals surface area (Å²) in [6, 6.07) is 18.4. The summed E-state index contributed by atoms with van der Waals surface area (Å²) in [5, 5.41) is 14.0. The third-order valence-corrected chi connectivity index (χ3v) is 5.32. The summed E-state index contributed by atoms with van der Waals surface area (Å²) < 4.78 is 12.4. The normalized spacial score (nSPS) is 11.7. The van der Waals surface area contributed by atoms with Gasteiger partial charge in [-0.1, -0.05) is 54.1 Å². The molecule has 3 rings (SSSR count). The first-order valence-corrected chi connectivity index (χ1v) is 9.92. The molecule has 1 atom stereocenters. The second-order valence-electron chi connectivity index (χ2n) is 5.82. The summed E-state index contributed by atoms with van der Waals surface area (Å²) in [5.74, 6) is 1.24. The van der Waals surface area contributed by atoms with Crippen LogP contribution in [0.1, 0.15) is 11.1 Å². The number of hydrogen-bond acceptors (Lipinski definition) is 5. The fourth-order valence-corrected chi connectivity index (χ4v) is 3.92. The van der Waals surface area contributed by atoms with Gasteiger partial charge >= 0.3 is 0 Å². The molecule has 1 unspecified atom stereocenters. The molecular formula is C19H16ClN3O3S. The van der Waals surface area contributed by atoms with Crippen LogP contribution in [-0.4, -0.2) is 14.1 Å². The van der Waals surface area contributed by atoms with E-state index in [1.165, 1.54) is 6.07 Å². The maximum atomic E-state index is 12.4. The molecule has 0 spiro atoms. The Morgan fingerprint density at radius 3 is 2.44 bits per heavy atom. The van der Waals surface area contributed by atoms with Crippen molar-refractivity contribution in [3.8, 4) is 0 Å². The fraction of sp³-hybridized carbons (Fsp3) is 0.105. The van der Waals surface area contributed by atoms with Crippen LogP contribution < -0.4 is 5.32 Å². The summed E-state index contributed by atoms with van der Waals surface area (Å²) >= 11 is 6.06. The van der Waals surface area contributed by atoms with E-state index in [0.29, 0.717) is 23.0 Å². The molecule has 0 saturated carbocycles. The minimum Gasteiger partial charge on any atom is -0.339 e. The zero-order valence-electron chi connectivity index (χ0n) is 14.2. The predicted molar refractivity (Wildman–Crippen MR) is 108 cm³/mol. The lowest BCUT2D eigenvalue weighted by atomic mass is 10.2. The molecule has 1 heterocycles.